The summed E-state index contributed by atoms with van der Waals surface area (Å²) in [5.74, 6) is -3.00. The fourth-order valence-corrected chi connectivity index (χ4v) is 2.01. The molecule has 2 N–H and O–H groups in total. The Morgan fingerprint density at radius 2 is 1.83 bits per heavy atom. The lowest BCUT2D eigenvalue weighted by molar-refractivity contribution is -0.0221. The molecule has 2 rings (SSSR count). The standard InChI is InChI=1S/C12H15F3N2.ClH/c13-10-7-9(8-16)1-2-11(10)17-5-3-12(14,15)4-6-17;/h1-2,7H,3-6,8,16H2;1H. The fraction of sp³-hybridized carbons (Fsp3) is 0.500. The van der Waals surface area contributed by atoms with E-state index in [2.05, 4.69) is 0 Å². The molecule has 0 bridgehead atoms. The summed E-state index contributed by atoms with van der Waals surface area (Å²) in [5, 5.41) is 0. The second-order valence-corrected chi connectivity index (χ2v) is 4.33. The molecule has 2 nitrogen and oxygen atoms in total. The van der Waals surface area contributed by atoms with E-state index in [4.69, 9.17) is 5.73 Å². The maximum absolute atomic E-state index is 13.7. The van der Waals surface area contributed by atoms with Crippen LogP contribution in [-0.2, 0) is 6.54 Å². The summed E-state index contributed by atoms with van der Waals surface area (Å²) in [5.41, 5.74) is 6.49. The van der Waals surface area contributed by atoms with Gasteiger partial charge in [-0.25, -0.2) is 13.2 Å². The van der Waals surface area contributed by atoms with Gasteiger partial charge in [0.15, 0.2) is 0 Å². The van der Waals surface area contributed by atoms with E-state index in [1.807, 2.05) is 0 Å². The third-order valence-corrected chi connectivity index (χ3v) is 3.08. The van der Waals surface area contributed by atoms with Gasteiger partial charge in [0, 0.05) is 32.5 Å². The second kappa shape index (κ2) is 5.80. The molecule has 0 radical (unpaired) electrons. The highest BCUT2D eigenvalue weighted by atomic mass is 35.5. The van der Waals surface area contributed by atoms with Crippen molar-refractivity contribution in [2.75, 3.05) is 18.0 Å². The van der Waals surface area contributed by atoms with Gasteiger partial charge in [0.1, 0.15) is 5.82 Å². The Labute approximate surface area is 110 Å². The Hall–Kier alpha value is -0.940. The van der Waals surface area contributed by atoms with Gasteiger partial charge in [0.2, 0.25) is 0 Å². The molecule has 0 spiro atoms. The molecule has 0 saturated carbocycles. The topological polar surface area (TPSA) is 29.3 Å². The highest BCUT2D eigenvalue weighted by Crippen LogP contribution is 2.31. The number of hydrogen-bond acceptors (Lipinski definition) is 2. The van der Waals surface area contributed by atoms with E-state index >= 15 is 0 Å². The minimum Gasteiger partial charge on any atom is -0.369 e. The van der Waals surface area contributed by atoms with Crippen molar-refractivity contribution in [3.8, 4) is 0 Å². The lowest BCUT2D eigenvalue weighted by Gasteiger charge is -2.33. The van der Waals surface area contributed by atoms with Crippen LogP contribution in [-0.4, -0.2) is 19.0 Å². The van der Waals surface area contributed by atoms with Crippen molar-refractivity contribution in [3.05, 3.63) is 29.6 Å². The second-order valence-electron chi connectivity index (χ2n) is 4.33. The number of benzene rings is 1. The smallest absolute Gasteiger partial charge is 0.251 e. The predicted octanol–water partition coefficient (Wildman–Crippen LogP) is 2.94. The SMILES string of the molecule is Cl.NCc1ccc(N2CCC(F)(F)CC2)c(F)c1. The highest BCUT2D eigenvalue weighted by molar-refractivity contribution is 5.85. The first-order valence-corrected chi connectivity index (χ1v) is 5.63. The van der Waals surface area contributed by atoms with Crippen LogP contribution in [0.25, 0.3) is 0 Å². The molecule has 18 heavy (non-hydrogen) atoms. The molecule has 0 amide bonds. The van der Waals surface area contributed by atoms with Crippen molar-refractivity contribution in [1.29, 1.82) is 0 Å². The quantitative estimate of drug-likeness (QED) is 0.902. The molecular formula is C12H16ClF3N2. The summed E-state index contributed by atoms with van der Waals surface area (Å²) >= 11 is 0. The molecule has 1 aromatic carbocycles. The summed E-state index contributed by atoms with van der Waals surface area (Å²) in [6.45, 7) is 0.646. The largest absolute Gasteiger partial charge is 0.369 e. The van der Waals surface area contributed by atoms with Crippen LogP contribution in [0.15, 0.2) is 18.2 Å². The molecular weight excluding hydrogens is 265 g/mol. The third-order valence-electron chi connectivity index (χ3n) is 3.08. The lowest BCUT2D eigenvalue weighted by Crippen LogP contribution is -2.39. The van der Waals surface area contributed by atoms with Crippen molar-refractivity contribution in [2.45, 2.75) is 25.3 Å². The van der Waals surface area contributed by atoms with Gasteiger partial charge in [-0.1, -0.05) is 6.07 Å². The van der Waals surface area contributed by atoms with Crippen LogP contribution in [0.4, 0.5) is 18.9 Å². The fourth-order valence-electron chi connectivity index (χ4n) is 2.01. The van der Waals surface area contributed by atoms with Crippen molar-refractivity contribution >= 4 is 18.1 Å². The summed E-state index contributed by atoms with van der Waals surface area (Å²) in [7, 11) is 0. The molecule has 102 valence electrons. The van der Waals surface area contributed by atoms with Crippen LogP contribution < -0.4 is 10.6 Å². The average Bonchev–Trinajstić information content (AvgIpc) is 2.29. The van der Waals surface area contributed by atoms with E-state index in [1.165, 1.54) is 6.07 Å². The van der Waals surface area contributed by atoms with Gasteiger partial charge in [-0.05, 0) is 17.7 Å². The van der Waals surface area contributed by atoms with Crippen molar-refractivity contribution in [1.82, 2.24) is 0 Å². The molecule has 0 unspecified atom stereocenters. The van der Waals surface area contributed by atoms with Gasteiger partial charge in [0.25, 0.3) is 5.92 Å². The normalized spacial score (nSPS) is 18.3. The monoisotopic (exact) mass is 280 g/mol. The molecule has 0 aliphatic carbocycles. The number of halogens is 4. The van der Waals surface area contributed by atoms with E-state index in [-0.39, 0.29) is 44.9 Å². The van der Waals surface area contributed by atoms with Gasteiger partial charge < -0.3 is 10.6 Å². The van der Waals surface area contributed by atoms with Crippen LogP contribution in [0.1, 0.15) is 18.4 Å². The molecule has 0 aromatic heterocycles. The first-order chi connectivity index (χ1) is 8.02. The van der Waals surface area contributed by atoms with E-state index in [0.29, 0.717) is 11.3 Å². The Morgan fingerprint density at radius 3 is 2.33 bits per heavy atom. The third kappa shape index (κ3) is 3.29. The summed E-state index contributed by atoms with van der Waals surface area (Å²) in [6, 6.07) is 4.70. The number of rotatable bonds is 2. The minimum absolute atomic E-state index is 0. The van der Waals surface area contributed by atoms with E-state index in [1.54, 1.807) is 17.0 Å². The van der Waals surface area contributed by atoms with E-state index in [0.717, 1.165) is 0 Å². The van der Waals surface area contributed by atoms with Crippen LogP contribution in [0.5, 0.6) is 0 Å². The Bertz CT molecular complexity index is 402. The van der Waals surface area contributed by atoms with Gasteiger partial charge in [0.05, 0.1) is 5.69 Å². The highest BCUT2D eigenvalue weighted by Gasteiger charge is 2.34. The number of nitrogens with two attached hydrogens (primary N) is 1. The summed E-state index contributed by atoms with van der Waals surface area (Å²) < 4.78 is 39.7. The number of nitrogens with zero attached hydrogens (tertiary/aromatic N) is 1. The van der Waals surface area contributed by atoms with E-state index in [9.17, 15) is 13.2 Å². The molecule has 1 heterocycles. The van der Waals surface area contributed by atoms with Gasteiger partial charge in [-0.3, -0.25) is 0 Å². The number of alkyl halides is 2. The maximum Gasteiger partial charge on any atom is 0.251 e. The molecule has 1 saturated heterocycles. The van der Waals surface area contributed by atoms with Gasteiger partial charge >= 0.3 is 0 Å². The first kappa shape index (κ1) is 15.1. The number of hydrogen-bond donors (Lipinski definition) is 1. The molecule has 1 aliphatic heterocycles. The van der Waals surface area contributed by atoms with Crippen molar-refractivity contribution in [3.63, 3.8) is 0 Å². The van der Waals surface area contributed by atoms with Gasteiger partial charge in [-0.2, -0.15) is 0 Å². The zero-order chi connectivity index (χ0) is 12.5. The lowest BCUT2D eigenvalue weighted by atomic mass is 10.1. The van der Waals surface area contributed by atoms with Crippen LogP contribution in [0.2, 0.25) is 0 Å². The number of anilines is 1. The molecule has 1 aliphatic rings. The molecule has 6 heteroatoms. The molecule has 1 fully saturated rings. The predicted molar refractivity (Wildman–Crippen MR) is 67.9 cm³/mol. The minimum atomic E-state index is -2.61. The zero-order valence-electron chi connectivity index (χ0n) is 9.83. The molecule has 0 atom stereocenters. The van der Waals surface area contributed by atoms with E-state index < -0.39 is 11.7 Å². The molecule has 1 aromatic rings. The summed E-state index contributed by atoms with van der Waals surface area (Å²) in [6.07, 6.45) is -0.434. The van der Waals surface area contributed by atoms with Crippen LogP contribution >= 0.6 is 12.4 Å². The Morgan fingerprint density at radius 1 is 1.22 bits per heavy atom. The maximum atomic E-state index is 13.7. The Balaban J connectivity index is 0.00000162. The van der Waals surface area contributed by atoms with Crippen molar-refractivity contribution in [2.24, 2.45) is 5.73 Å². The zero-order valence-corrected chi connectivity index (χ0v) is 10.7. The number of piperidine rings is 1. The van der Waals surface area contributed by atoms with Crippen LogP contribution in [0.3, 0.4) is 0 Å². The van der Waals surface area contributed by atoms with Crippen molar-refractivity contribution < 1.29 is 13.2 Å². The Kier molecular flexibility index (Phi) is 4.87. The average molecular weight is 281 g/mol. The summed E-state index contributed by atoms with van der Waals surface area (Å²) in [4.78, 5) is 1.66. The van der Waals surface area contributed by atoms with Gasteiger partial charge in [-0.15, -0.1) is 12.4 Å². The van der Waals surface area contributed by atoms with Crippen LogP contribution in [0, 0.1) is 5.82 Å². The first-order valence-electron chi connectivity index (χ1n) is 5.63.